The molecular formula is C15H17N3O2. The third kappa shape index (κ3) is 2.71. The van der Waals surface area contributed by atoms with Gasteiger partial charge in [0.05, 0.1) is 6.54 Å². The molecule has 0 aliphatic rings. The van der Waals surface area contributed by atoms with Crippen LogP contribution in [-0.4, -0.2) is 34.9 Å². The standard InChI is InChI=1S/C15H17N3O2/c1-2-18(10-14(16)17-20)15(19)13-9-5-7-11-6-3-4-8-12(11)13/h3-9,20H,2,10H2,1H3,(H2,16,17). The molecule has 5 nitrogen and oxygen atoms in total. The van der Waals surface area contributed by atoms with Gasteiger partial charge in [0.15, 0.2) is 5.84 Å². The number of nitrogens with two attached hydrogens (primary N) is 1. The lowest BCUT2D eigenvalue weighted by atomic mass is 10.0. The Morgan fingerprint density at radius 1 is 1.25 bits per heavy atom. The lowest BCUT2D eigenvalue weighted by Gasteiger charge is -2.20. The lowest BCUT2D eigenvalue weighted by Crippen LogP contribution is -2.38. The molecule has 2 aromatic carbocycles. The average molecular weight is 271 g/mol. The predicted molar refractivity (Wildman–Crippen MR) is 78.9 cm³/mol. The summed E-state index contributed by atoms with van der Waals surface area (Å²) in [5.41, 5.74) is 6.11. The third-order valence-electron chi connectivity index (χ3n) is 3.17. The highest BCUT2D eigenvalue weighted by atomic mass is 16.4. The van der Waals surface area contributed by atoms with Gasteiger partial charge >= 0.3 is 0 Å². The van der Waals surface area contributed by atoms with E-state index in [2.05, 4.69) is 5.16 Å². The Morgan fingerprint density at radius 2 is 1.95 bits per heavy atom. The summed E-state index contributed by atoms with van der Waals surface area (Å²) in [4.78, 5) is 14.1. The van der Waals surface area contributed by atoms with Crippen molar-refractivity contribution < 1.29 is 10.0 Å². The number of hydrogen-bond acceptors (Lipinski definition) is 3. The van der Waals surface area contributed by atoms with Crippen molar-refractivity contribution in [3.05, 3.63) is 48.0 Å². The van der Waals surface area contributed by atoms with Crippen molar-refractivity contribution in [1.82, 2.24) is 4.90 Å². The molecule has 3 N–H and O–H groups in total. The van der Waals surface area contributed by atoms with E-state index >= 15 is 0 Å². The van der Waals surface area contributed by atoms with Crippen molar-refractivity contribution in [3.8, 4) is 0 Å². The van der Waals surface area contributed by atoms with E-state index < -0.39 is 0 Å². The van der Waals surface area contributed by atoms with Gasteiger partial charge in [-0.15, -0.1) is 0 Å². The van der Waals surface area contributed by atoms with Crippen LogP contribution in [0.3, 0.4) is 0 Å². The molecule has 0 bridgehead atoms. The van der Waals surface area contributed by atoms with Crippen LogP contribution in [0.25, 0.3) is 10.8 Å². The molecule has 0 atom stereocenters. The van der Waals surface area contributed by atoms with Gasteiger partial charge in [-0.3, -0.25) is 4.79 Å². The van der Waals surface area contributed by atoms with Crippen LogP contribution in [0, 0.1) is 0 Å². The number of carbonyl (C=O) groups is 1. The number of carbonyl (C=O) groups excluding carboxylic acids is 1. The fraction of sp³-hybridized carbons (Fsp3) is 0.200. The van der Waals surface area contributed by atoms with E-state index in [0.29, 0.717) is 12.1 Å². The topological polar surface area (TPSA) is 78.9 Å². The Balaban J connectivity index is 2.39. The molecule has 104 valence electrons. The molecule has 0 radical (unpaired) electrons. The van der Waals surface area contributed by atoms with Gasteiger partial charge in [0.1, 0.15) is 0 Å². The van der Waals surface area contributed by atoms with E-state index in [-0.39, 0.29) is 18.3 Å². The SMILES string of the molecule is CCN(CC(N)=NO)C(=O)c1cccc2ccccc12. The van der Waals surface area contributed by atoms with Gasteiger partial charge in [0.2, 0.25) is 0 Å². The molecule has 0 saturated heterocycles. The van der Waals surface area contributed by atoms with Crippen LogP contribution < -0.4 is 5.73 Å². The van der Waals surface area contributed by atoms with Crippen molar-refractivity contribution in [3.63, 3.8) is 0 Å². The average Bonchev–Trinajstić information content (AvgIpc) is 2.51. The van der Waals surface area contributed by atoms with E-state index in [9.17, 15) is 4.79 Å². The maximum atomic E-state index is 12.6. The van der Waals surface area contributed by atoms with Gasteiger partial charge < -0.3 is 15.8 Å². The number of amidine groups is 1. The van der Waals surface area contributed by atoms with Crippen molar-refractivity contribution in [2.24, 2.45) is 10.9 Å². The van der Waals surface area contributed by atoms with E-state index in [4.69, 9.17) is 10.9 Å². The molecule has 2 aromatic rings. The number of oxime groups is 1. The molecule has 20 heavy (non-hydrogen) atoms. The Bertz CT molecular complexity index is 647. The van der Waals surface area contributed by atoms with Crippen LogP contribution in [0.2, 0.25) is 0 Å². The van der Waals surface area contributed by atoms with Crippen LogP contribution in [0.15, 0.2) is 47.6 Å². The molecule has 2 rings (SSSR count). The summed E-state index contributed by atoms with van der Waals surface area (Å²) < 4.78 is 0. The Labute approximate surface area is 117 Å². The lowest BCUT2D eigenvalue weighted by molar-refractivity contribution is 0.0788. The normalized spacial score (nSPS) is 11.6. The maximum absolute atomic E-state index is 12.6. The van der Waals surface area contributed by atoms with E-state index in [0.717, 1.165) is 10.8 Å². The molecule has 0 fully saturated rings. The number of hydrogen-bond donors (Lipinski definition) is 2. The van der Waals surface area contributed by atoms with Gasteiger partial charge in [0, 0.05) is 12.1 Å². The van der Waals surface area contributed by atoms with Crippen LogP contribution in [0.5, 0.6) is 0 Å². The summed E-state index contributed by atoms with van der Waals surface area (Å²) in [7, 11) is 0. The minimum atomic E-state index is -0.129. The molecule has 0 aromatic heterocycles. The van der Waals surface area contributed by atoms with Crippen molar-refractivity contribution in [1.29, 1.82) is 0 Å². The summed E-state index contributed by atoms with van der Waals surface area (Å²) in [6.07, 6.45) is 0. The number of rotatable bonds is 4. The Morgan fingerprint density at radius 3 is 2.65 bits per heavy atom. The fourth-order valence-electron chi connectivity index (χ4n) is 2.14. The molecule has 5 heteroatoms. The van der Waals surface area contributed by atoms with Gasteiger partial charge in [0.25, 0.3) is 5.91 Å². The van der Waals surface area contributed by atoms with E-state index in [1.807, 2.05) is 43.3 Å². The second-order valence-corrected chi connectivity index (χ2v) is 4.44. The zero-order valence-electron chi connectivity index (χ0n) is 11.3. The molecule has 0 aliphatic carbocycles. The zero-order valence-corrected chi connectivity index (χ0v) is 11.3. The molecule has 0 aliphatic heterocycles. The number of nitrogens with zero attached hydrogens (tertiary/aromatic N) is 2. The molecule has 1 amide bonds. The third-order valence-corrected chi connectivity index (χ3v) is 3.17. The van der Waals surface area contributed by atoms with E-state index in [1.54, 1.807) is 6.07 Å². The highest BCUT2D eigenvalue weighted by Crippen LogP contribution is 2.19. The second kappa shape index (κ2) is 6.06. The van der Waals surface area contributed by atoms with Gasteiger partial charge in [-0.25, -0.2) is 0 Å². The highest BCUT2D eigenvalue weighted by Gasteiger charge is 2.17. The molecule has 0 saturated carbocycles. The minimum absolute atomic E-state index is 0.0143. The largest absolute Gasteiger partial charge is 0.409 e. The van der Waals surface area contributed by atoms with Crippen LogP contribution in [-0.2, 0) is 0 Å². The maximum Gasteiger partial charge on any atom is 0.254 e. The van der Waals surface area contributed by atoms with Crippen LogP contribution in [0.4, 0.5) is 0 Å². The zero-order chi connectivity index (χ0) is 14.5. The molecule has 0 unspecified atom stereocenters. The first-order valence-corrected chi connectivity index (χ1v) is 6.40. The monoisotopic (exact) mass is 271 g/mol. The summed E-state index contributed by atoms with van der Waals surface area (Å²) in [6.45, 7) is 2.45. The highest BCUT2D eigenvalue weighted by molar-refractivity contribution is 6.07. The predicted octanol–water partition coefficient (Wildman–Crippen LogP) is 2.05. The first kappa shape index (κ1) is 13.9. The second-order valence-electron chi connectivity index (χ2n) is 4.44. The Kier molecular flexibility index (Phi) is 4.20. The van der Waals surface area contributed by atoms with Gasteiger partial charge in [-0.2, -0.15) is 0 Å². The van der Waals surface area contributed by atoms with E-state index in [1.165, 1.54) is 4.90 Å². The number of likely N-dealkylation sites (N-methyl/N-ethyl adjacent to an activating group) is 1. The number of benzene rings is 2. The van der Waals surface area contributed by atoms with Crippen molar-refractivity contribution >= 4 is 22.5 Å². The molecule has 0 heterocycles. The van der Waals surface area contributed by atoms with Crippen LogP contribution >= 0.6 is 0 Å². The Hall–Kier alpha value is -2.56. The first-order chi connectivity index (χ1) is 9.67. The van der Waals surface area contributed by atoms with Crippen molar-refractivity contribution in [2.45, 2.75) is 6.92 Å². The molecular weight excluding hydrogens is 254 g/mol. The smallest absolute Gasteiger partial charge is 0.254 e. The van der Waals surface area contributed by atoms with Gasteiger partial charge in [-0.05, 0) is 23.8 Å². The number of amides is 1. The number of fused-ring (bicyclic) bond motifs is 1. The quantitative estimate of drug-likeness (QED) is 0.386. The summed E-state index contributed by atoms with van der Waals surface area (Å²) >= 11 is 0. The summed E-state index contributed by atoms with van der Waals surface area (Å²) in [5.74, 6) is -0.115. The summed E-state index contributed by atoms with van der Waals surface area (Å²) in [5, 5.41) is 13.5. The molecule has 0 spiro atoms. The van der Waals surface area contributed by atoms with Gasteiger partial charge in [-0.1, -0.05) is 41.6 Å². The minimum Gasteiger partial charge on any atom is -0.409 e. The fourth-order valence-corrected chi connectivity index (χ4v) is 2.14. The summed E-state index contributed by atoms with van der Waals surface area (Å²) in [6, 6.07) is 13.3. The first-order valence-electron chi connectivity index (χ1n) is 6.40. The van der Waals surface area contributed by atoms with Crippen molar-refractivity contribution in [2.75, 3.05) is 13.1 Å². The van der Waals surface area contributed by atoms with Crippen LogP contribution in [0.1, 0.15) is 17.3 Å².